The second kappa shape index (κ2) is 4.79. The van der Waals surface area contributed by atoms with Gasteiger partial charge in [0.15, 0.2) is 5.78 Å². The lowest BCUT2D eigenvalue weighted by atomic mass is 10.1. The lowest BCUT2D eigenvalue weighted by Gasteiger charge is -2.19. The van der Waals surface area contributed by atoms with Gasteiger partial charge in [0, 0.05) is 11.1 Å². The number of fused-ring (bicyclic) bond motifs is 1. The van der Waals surface area contributed by atoms with Gasteiger partial charge in [0.1, 0.15) is 11.3 Å². The fraction of sp³-hybridized carbons (Fsp3) is 0.385. The molecular formula is C13H16N2O3S. The fourth-order valence-electron chi connectivity index (χ4n) is 1.68. The number of H-pyrrole nitrogens is 1. The van der Waals surface area contributed by atoms with Crippen LogP contribution in [0.3, 0.4) is 0 Å². The number of Topliss-reactive ketones (excluding diaryl/α,β-unsaturated/α-hetero) is 1. The molecule has 0 saturated heterocycles. The Kier molecular flexibility index (Phi) is 3.47. The molecule has 1 aromatic heterocycles. The lowest BCUT2D eigenvalue weighted by molar-refractivity contribution is 0.0984. The number of thiazole rings is 1. The van der Waals surface area contributed by atoms with Gasteiger partial charge in [-0.3, -0.25) is 9.59 Å². The molecule has 5 nitrogen and oxygen atoms in total. The van der Waals surface area contributed by atoms with E-state index in [2.05, 4.69) is 10.3 Å². The van der Waals surface area contributed by atoms with Crippen LogP contribution in [0.4, 0.5) is 0 Å². The van der Waals surface area contributed by atoms with Crippen molar-refractivity contribution >= 4 is 27.3 Å². The van der Waals surface area contributed by atoms with Gasteiger partial charge in [0.2, 0.25) is 0 Å². The van der Waals surface area contributed by atoms with Gasteiger partial charge < -0.3 is 15.4 Å². The standard InChI is InChI=1S/C13H16N2O3S/c1-13(2,3)14-6-9(17)7-4-5-8(16)10-11(7)19-12(18)15-10/h4-5,14,16H,6H2,1-3H3,(H,15,18). The molecule has 0 amide bonds. The van der Waals surface area contributed by atoms with Gasteiger partial charge >= 0.3 is 4.87 Å². The summed E-state index contributed by atoms with van der Waals surface area (Å²) >= 11 is 0.935. The Balaban J connectivity index is 2.38. The molecule has 0 unspecified atom stereocenters. The van der Waals surface area contributed by atoms with Crippen molar-refractivity contribution in [3.63, 3.8) is 0 Å². The van der Waals surface area contributed by atoms with Crippen molar-refractivity contribution < 1.29 is 9.90 Å². The molecule has 0 spiro atoms. The molecule has 1 aromatic carbocycles. The van der Waals surface area contributed by atoms with E-state index in [1.165, 1.54) is 6.07 Å². The number of carbonyl (C=O) groups excluding carboxylic acids is 1. The first-order valence-corrected chi connectivity index (χ1v) is 6.72. The Bertz CT molecular complexity index is 679. The van der Waals surface area contributed by atoms with Crippen LogP contribution in [0, 0.1) is 0 Å². The molecule has 0 aliphatic heterocycles. The van der Waals surface area contributed by atoms with Crippen LogP contribution in [-0.4, -0.2) is 28.0 Å². The maximum atomic E-state index is 12.2. The summed E-state index contributed by atoms with van der Waals surface area (Å²) in [7, 11) is 0. The highest BCUT2D eigenvalue weighted by Gasteiger charge is 2.17. The number of benzene rings is 1. The Morgan fingerprint density at radius 1 is 1.42 bits per heavy atom. The molecule has 0 atom stereocenters. The molecular weight excluding hydrogens is 264 g/mol. The number of aromatic nitrogens is 1. The molecule has 0 aliphatic rings. The van der Waals surface area contributed by atoms with Crippen molar-refractivity contribution in [3.8, 4) is 5.75 Å². The molecule has 0 aliphatic carbocycles. The predicted molar refractivity (Wildman–Crippen MR) is 76.2 cm³/mol. The normalized spacial score (nSPS) is 11.9. The van der Waals surface area contributed by atoms with Crippen LogP contribution in [0.15, 0.2) is 16.9 Å². The zero-order valence-electron chi connectivity index (χ0n) is 11.0. The summed E-state index contributed by atoms with van der Waals surface area (Å²) in [4.78, 5) is 25.8. The quantitative estimate of drug-likeness (QED) is 0.750. The summed E-state index contributed by atoms with van der Waals surface area (Å²) < 4.78 is 0.505. The van der Waals surface area contributed by atoms with Crippen LogP contribution in [-0.2, 0) is 0 Å². The highest BCUT2D eigenvalue weighted by molar-refractivity contribution is 7.16. The third-order valence-electron chi connectivity index (χ3n) is 2.64. The minimum absolute atomic E-state index is 0.0197. The van der Waals surface area contributed by atoms with E-state index in [0.717, 1.165) is 11.3 Å². The van der Waals surface area contributed by atoms with Crippen LogP contribution >= 0.6 is 11.3 Å². The molecule has 2 aromatic rings. The van der Waals surface area contributed by atoms with E-state index in [0.29, 0.717) is 15.8 Å². The first kappa shape index (κ1) is 13.8. The summed E-state index contributed by atoms with van der Waals surface area (Å²) in [6.07, 6.45) is 0. The van der Waals surface area contributed by atoms with Crippen LogP contribution in [0.2, 0.25) is 0 Å². The van der Waals surface area contributed by atoms with Crippen LogP contribution in [0.5, 0.6) is 5.75 Å². The Morgan fingerprint density at radius 3 is 2.74 bits per heavy atom. The summed E-state index contributed by atoms with van der Waals surface area (Å²) in [5.74, 6) is -0.121. The Hall–Kier alpha value is -1.66. The van der Waals surface area contributed by atoms with E-state index < -0.39 is 0 Å². The molecule has 2 rings (SSSR count). The van der Waals surface area contributed by atoms with Gasteiger partial charge in [-0.15, -0.1) is 0 Å². The molecule has 0 radical (unpaired) electrons. The number of nitrogens with one attached hydrogen (secondary N) is 2. The van der Waals surface area contributed by atoms with E-state index in [1.807, 2.05) is 20.8 Å². The molecule has 0 saturated carbocycles. The first-order valence-electron chi connectivity index (χ1n) is 5.91. The minimum atomic E-state index is -0.283. The zero-order chi connectivity index (χ0) is 14.2. The number of phenols is 1. The molecule has 1 heterocycles. The smallest absolute Gasteiger partial charge is 0.305 e. The number of aromatic hydroxyl groups is 1. The van der Waals surface area contributed by atoms with Crippen molar-refractivity contribution in [2.24, 2.45) is 0 Å². The lowest BCUT2D eigenvalue weighted by Crippen LogP contribution is -2.39. The second-order valence-corrected chi connectivity index (χ2v) is 6.36. The average Bonchev–Trinajstić information content (AvgIpc) is 2.68. The number of rotatable bonds is 3. The number of hydrogen-bond acceptors (Lipinski definition) is 5. The van der Waals surface area contributed by atoms with Gasteiger partial charge in [-0.25, -0.2) is 0 Å². The van der Waals surface area contributed by atoms with Crippen LogP contribution in [0.25, 0.3) is 10.2 Å². The van der Waals surface area contributed by atoms with E-state index in [9.17, 15) is 14.7 Å². The van der Waals surface area contributed by atoms with E-state index in [-0.39, 0.29) is 28.5 Å². The minimum Gasteiger partial charge on any atom is -0.506 e. The van der Waals surface area contributed by atoms with Gasteiger partial charge in [-0.2, -0.15) is 0 Å². The van der Waals surface area contributed by atoms with Crippen molar-refractivity contribution in [1.29, 1.82) is 0 Å². The second-order valence-electron chi connectivity index (χ2n) is 5.38. The largest absolute Gasteiger partial charge is 0.506 e. The summed E-state index contributed by atoms with van der Waals surface area (Å²) in [6.45, 7) is 6.11. The summed E-state index contributed by atoms with van der Waals surface area (Å²) in [6, 6.07) is 2.98. The van der Waals surface area contributed by atoms with Gasteiger partial charge in [-0.1, -0.05) is 11.3 Å². The highest BCUT2D eigenvalue weighted by Crippen LogP contribution is 2.27. The van der Waals surface area contributed by atoms with Crippen molar-refractivity contribution in [2.45, 2.75) is 26.3 Å². The van der Waals surface area contributed by atoms with E-state index in [1.54, 1.807) is 6.07 Å². The van der Waals surface area contributed by atoms with E-state index in [4.69, 9.17) is 0 Å². The summed E-state index contributed by atoms with van der Waals surface area (Å²) in [5.41, 5.74) is 0.626. The number of carbonyl (C=O) groups is 1. The highest BCUT2D eigenvalue weighted by atomic mass is 32.1. The zero-order valence-corrected chi connectivity index (χ0v) is 11.9. The van der Waals surface area contributed by atoms with Crippen molar-refractivity contribution in [1.82, 2.24) is 10.3 Å². The molecule has 6 heteroatoms. The fourth-order valence-corrected chi connectivity index (χ4v) is 2.57. The monoisotopic (exact) mass is 280 g/mol. The third kappa shape index (κ3) is 3.02. The number of aromatic amines is 1. The maximum absolute atomic E-state index is 12.2. The van der Waals surface area contributed by atoms with Gasteiger partial charge in [0.05, 0.1) is 11.2 Å². The maximum Gasteiger partial charge on any atom is 0.305 e. The summed E-state index contributed by atoms with van der Waals surface area (Å²) in [5, 5.41) is 12.8. The van der Waals surface area contributed by atoms with Gasteiger partial charge in [0.25, 0.3) is 0 Å². The topological polar surface area (TPSA) is 82.2 Å². The van der Waals surface area contributed by atoms with Crippen molar-refractivity contribution in [3.05, 3.63) is 27.4 Å². The van der Waals surface area contributed by atoms with E-state index >= 15 is 0 Å². The van der Waals surface area contributed by atoms with Crippen LogP contribution in [0.1, 0.15) is 31.1 Å². The number of hydrogen-bond donors (Lipinski definition) is 3. The van der Waals surface area contributed by atoms with Gasteiger partial charge in [-0.05, 0) is 32.9 Å². The molecule has 0 fully saturated rings. The number of ketones is 1. The van der Waals surface area contributed by atoms with Crippen LogP contribution < -0.4 is 10.2 Å². The average molecular weight is 280 g/mol. The molecule has 102 valence electrons. The third-order valence-corrected chi connectivity index (χ3v) is 3.55. The molecule has 19 heavy (non-hydrogen) atoms. The SMILES string of the molecule is CC(C)(C)NCC(=O)c1ccc(O)c2[nH]c(=O)sc12. The first-order chi connectivity index (χ1) is 8.78. The number of phenolic OH excluding ortho intramolecular Hbond substituents is 1. The van der Waals surface area contributed by atoms with Crippen molar-refractivity contribution in [2.75, 3.05) is 6.54 Å². The molecule has 0 bridgehead atoms. The molecule has 3 N–H and O–H groups in total. The predicted octanol–water partition coefficient (Wildman–Crippen LogP) is 1.87. The Labute approximate surface area is 114 Å². The Morgan fingerprint density at radius 2 is 2.11 bits per heavy atom.